The molecule has 0 aliphatic carbocycles. The minimum absolute atomic E-state index is 0.565. The van der Waals surface area contributed by atoms with Crippen molar-refractivity contribution in [2.75, 3.05) is 12.8 Å². The van der Waals surface area contributed by atoms with Crippen molar-refractivity contribution in [1.82, 2.24) is 4.98 Å². The molecule has 0 amide bonds. The highest BCUT2D eigenvalue weighted by Crippen LogP contribution is 2.33. The SMILES string of the molecule is COc1cc(N)ccc1Oc1ncccc1C. The van der Waals surface area contributed by atoms with Gasteiger partial charge in [-0.05, 0) is 25.1 Å². The summed E-state index contributed by atoms with van der Waals surface area (Å²) in [6.45, 7) is 1.94. The van der Waals surface area contributed by atoms with Crippen LogP contribution in [-0.2, 0) is 0 Å². The van der Waals surface area contributed by atoms with Crippen molar-refractivity contribution in [2.24, 2.45) is 0 Å². The molecule has 0 bridgehead atoms. The molecule has 0 radical (unpaired) electrons. The zero-order chi connectivity index (χ0) is 12.3. The van der Waals surface area contributed by atoms with E-state index in [4.69, 9.17) is 15.2 Å². The second kappa shape index (κ2) is 4.74. The molecule has 0 saturated carbocycles. The Hall–Kier alpha value is -2.23. The van der Waals surface area contributed by atoms with Crippen LogP contribution in [0.5, 0.6) is 17.4 Å². The lowest BCUT2D eigenvalue weighted by molar-refractivity contribution is 0.373. The molecule has 2 rings (SSSR count). The number of hydrogen-bond acceptors (Lipinski definition) is 4. The molecule has 2 aromatic rings. The molecule has 0 spiro atoms. The second-order valence-corrected chi connectivity index (χ2v) is 3.64. The van der Waals surface area contributed by atoms with E-state index in [9.17, 15) is 0 Å². The highest BCUT2D eigenvalue weighted by molar-refractivity contribution is 5.53. The van der Waals surface area contributed by atoms with E-state index in [-0.39, 0.29) is 0 Å². The Morgan fingerprint density at radius 3 is 2.71 bits per heavy atom. The van der Waals surface area contributed by atoms with Crippen LogP contribution in [0.3, 0.4) is 0 Å². The van der Waals surface area contributed by atoms with Crippen molar-refractivity contribution in [1.29, 1.82) is 0 Å². The fraction of sp³-hybridized carbons (Fsp3) is 0.154. The summed E-state index contributed by atoms with van der Waals surface area (Å²) in [6.07, 6.45) is 1.69. The summed E-state index contributed by atoms with van der Waals surface area (Å²) in [5, 5.41) is 0. The normalized spacial score (nSPS) is 10.0. The number of rotatable bonds is 3. The number of nitrogens with zero attached hydrogens (tertiary/aromatic N) is 1. The van der Waals surface area contributed by atoms with Crippen molar-refractivity contribution >= 4 is 5.69 Å². The molecular formula is C13H14N2O2. The third kappa shape index (κ3) is 2.47. The summed E-state index contributed by atoms with van der Waals surface area (Å²) in [5.41, 5.74) is 7.27. The minimum atomic E-state index is 0.565. The molecule has 0 fully saturated rings. The van der Waals surface area contributed by atoms with Gasteiger partial charge in [-0.1, -0.05) is 6.07 Å². The van der Waals surface area contributed by atoms with Crippen LogP contribution < -0.4 is 15.2 Å². The van der Waals surface area contributed by atoms with Crippen LogP contribution in [0.1, 0.15) is 5.56 Å². The summed E-state index contributed by atoms with van der Waals surface area (Å²) >= 11 is 0. The Kier molecular flexibility index (Phi) is 3.14. The van der Waals surface area contributed by atoms with E-state index >= 15 is 0 Å². The fourth-order valence-corrected chi connectivity index (χ4v) is 1.45. The largest absolute Gasteiger partial charge is 0.493 e. The van der Waals surface area contributed by atoms with Crippen LogP contribution in [0.25, 0.3) is 0 Å². The molecule has 4 heteroatoms. The number of pyridine rings is 1. The van der Waals surface area contributed by atoms with Gasteiger partial charge in [0.1, 0.15) is 0 Å². The fourth-order valence-electron chi connectivity index (χ4n) is 1.45. The molecule has 0 unspecified atom stereocenters. The summed E-state index contributed by atoms with van der Waals surface area (Å²) in [7, 11) is 1.58. The summed E-state index contributed by atoms with van der Waals surface area (Å²) in [5.74, 6) is 1.76. The van der Waals surface area contributed by atoms with Gasteiger partial charge >= 0.3 is 0 Å². The topological polar surface area (TPSA) is 57.4 Å². The average molecular weight is 230 g/mol. The molecule has 1 aromatic carbocycles. The van der Waals surface area contributed by atoms with Crippen LogP contribution in [0, 0.1) is 6.92 Å². The highest BCUT2D eigenvalue weighted by atomic mass is 16.5. The van der Waals surface area contributed by atoms with Gasteiger partial charge in [-0.25, -0.2) is 4.98 Å². The molecule has 0 aliphatic heterocycles. The van der Waals surface area contributed by atoms with E-state index in [2.05, 4.69) is 4.98 Å². The van der Waals surface area contributed by atoms with Crippen LogP contribution in [-0.4, -0.2) is 12.1 Å². The zero-order valence-corrected chi connectivity index (χ0v) is 9.81. The van der Waals surface area contributed by atoms with Gasteiger partial charge in [-0.2, -0.15) is 0 Å². The molecule has 2 N–H and O–H groups in total. The van der Waals surface area contributed by atoms with Crippen molar-refractivity contribution in [3.63, 3.8) is 0 Å². The number of methoxy groups -OCH3 is 1. The van der Waals surface area contributed by atoms with E-state index < -0.39 is 0 Å². The highest BCUT2D eigenvalue weighted by Gasteiger charge is 2.08. The Morgan fingerprint density at radius 2 is 2.00 bits per heavy atom. The summed E-state index contributed by atoms with van der Waals surface area (Å²) in [4.78, 5) is 4.16. The first-order valence-corrected chi connectivity index (χ1v) is 5.23. The smallest absolute Gasteiger partial charge is 0.222 e. The number of nitrogens with two attached hydrogens (primary N) is 1. The third-order valence-corrected chi connectivity index (χ3v) is 2.36. The van der Waals surface area contributed by atoms with Gasteiger partial charge in [0.25, 0.3) is 0 Å². The monoisotopic (exact) mass is 230 g/mol. The van der Waals surface area contributed by atoms with Crippen molar-refractivity contribution in [3.8, 4) is 17.4 Å². The van der Waals surface area contributed by atoms with Gasteiger partial charge < -0.3 is 15.2 Å². The van der Waals surface area contributed by atoms with Crippen molar-refractivity contribution < 1.29 is 9.47 Å². The summed E-state index contributed by atoms with van der Waals surface area (Å²) < 4.78 is 10.9. The number of hydrogen-bond donors (Lipinski definition) is 1. The lowest BCUT2D eigenvalue weighted by Crippen LogP contribution is -1.95. The maximum atomic E-state index is 5.69. The van der Waals surface area contributed by atoms with Gasteiger partial charge in [0.15, 0.2) is 11.5 Å². The third-order valence-electron chi connectivity index (χ3n) is 2.36. The molecule has 17 heavy (non-hydrogen) atoms. The van der Waals surface area contributed by atoms with Crippen LogP contribution in [0.2, 0.25) is 0 Å². The Balaban J connectivity index is 2.33. The van der Waals surface area contributed by atoms with Crippen molar-refractivity contribution in [2.45, 2.75) is 6.92 Å². The molecule has 1 aromatic heterocycles. The van der Waals surface area contributed by atoms with E-state index in [1.807, 2.05) is 19.1 Å². The minimum Gasteiger partial charge on any atom is -0.493 e. The number of nitrogen functional groups attached to an aromatic ring is 1. The number of aromatic nitrogens is 1. The van der Waals surface area contributed by atoms with Crippen LogP contribution >= 0.6 is 0 Å². The van der Waals surface area contributed by atoms with Crippen LogP contribution in [0.4, 0.5) is 5.69 Å². The van der Waals surface area contributed by atoms with Gasteiger partial charge in [-0.3, -0.25) is 0 Å². The van der Waals surface area contributed by atoms with Gasteiger partial charge in [-0.15, -0.1) is 0 Å². The lowest BCUT2D eigenvalue weighted by atomic mass is 10.2. The van der Waals surface area contributed by atoms with Gasteiger partial charge in [0.2, 0.25) is 5.88 Å². The van der Waals surface area contributed by atoms with E-state index in [1.165, 1.54) is 0 Å². The van der Waals surface area contributed by atoms with E-state index in [1.54, 1.807) is 31.5 Å². The maximum absolute atomic E-state index is 5.69. The lowest BCUT2D eigenvalue weighted by Gasteiger charge is -2.11. The zero-order valence-electron chi connectivity index (χ0n) is 9.81. The molecule has 1 heterocycles. The maximum Gasteiger partial charge on any atom is 0.222 e. The molecule has 0 atom stereocenters. The second-order valence-electron chi connectivity index (χ2n) is 3.64. The predicted octanol–water partition coefficient (Wildman–Crippen LogP) is 2.77. The molecule has 4 nitrogen and oxygen atoms in total. The molecule has 0 aliphatic rings. The van der Waals surface area contributed by atoms with Crippen molar-refractivity contribution in [3.05, 3.63) is 42.1 Å². The standard InChI is InChI=1S/C13H14N2O2/c1-9-4-3-7-15-13(9)17-11-6-5-10(14)8-12(11)16-2/h3-8H,14H2,1-2H3. The quantitative estimate of drug-likeness (QED) is 0.824. The van der Waals surface area contributed by atoms with Crippen LogP contribution in [0.15, 0.2) is 36.5 Å². The Morgan fingerprint density at radius 1 is 1.18 bits per heavy atom. The predicted molar refractivity (Wildman–Crippen MR) is 66.5 cm³/mol. The van der Waals surface area contributed by atoms with E-state index in [0.29, 0.717) is 23.1 Å². The van der Waals surface area contributed by atoms with E-state index in [0.717, 1.165) is 5.56 Å². The number of aryl methyl sites for hydroxylation is 1. The first kappa shape index (κ1) is 11.3. The summed E-state index contributed by atoms with van der Waals surface area (Å²) in [6, 6.07) is 9.04. The number of ether oxygens (including phenoxy) is 2. The first-order valence-electron chi connectivity index (χ1n) is 5.23. The average Bonchev–Trinajstić information content (AvgIpc) is 2.34. The first-order chi connectivity index (χ1) is 8.20. The van der Waals surface area contributed by atoms with Gasteiger partial charge in [0, 0.05) is 23.5 Å². The Bertz CT molecular complexity index is 527. The molecule has 88 valence electrons. The Labute approximate surface area is 100 Å². The number of anilines is 1. The molecule has 0 saturated heterocycles. The number of benzene rings is 1. The molecular weight excluding hydrogens is 216 g/mol. The van der Waals surface area contributed by atoms with Gasteiger partial charge in [0.05, 0.1) is 7.11 Å².